The van der Waals surface area contributed by atoms with Crippen molar-refractivity contribution in [3.8, 4) is 10.6 Å². The Morgan fingerprint density at radius 2 is 2.18 bits per heavy atom. The van der Waals surface area contributed by atoms with Crippen LogP contribution < -0.4 is 10.9 Å². The molecule has 0 aromatic rings. The molecule has 2 heterocycles. The number of nitrogens with zero attached hydrogens (tertiary/aromatic N) is 1. The largest absolute Gasteiger partial charge is 0.317 e. The Morgan fingerprint density at radius 1 is 1.47 bits per heavy atom. The molecule has 1 N–H and O–H groups in total. The van der Waals surface area contributed by atoms with Gasteiger partial charge in [-0.25, -0.2) is 0 Å². The van der Waals surface area contributed by atoms with Crippen LogP contribution in [-0.2, 0) is 11.8 Å². The smallest absolute Gasteiger partial charge is 0.276 e. The first kappa shape index (κ1) is 12.1. The summed E-state index contributed by atoms with van der Waals surface area (Å²) in [4.78, 5) is 24.4. The van der Waals surface area contributed by atoms with Crippen LogP contribution in [0.1, 0.15) is 13.8 Å². The topological polar surface area (TPSA) is 51.1 Å². The Labute approximate surface area is 106 Å². The van der Waals surface area contributed by atoms with E-state index >= 15 is 0 Å². The molecule has 0 radical (unpaired) electrons. The van der Waals surface area contributed by atoms with Crippen LogP contribution in [0.5, 0.6) is 0 Å². The maximum Gasteiger partial charge on any atom is 0.276 e. The van der Waals surface area contributed by atoms with E-state index in [1.54, 1.807) is 22.0 Å². The Bertz CT molecular complexity index is 614. The van der Waals surface area contributed by atoms with Gasteiger partial charge in [0, 0.05) is 18.5 Å². The number of carbonyl (C=O) groups is 1. The van der Waals surface area contributed by atoms with E-state index in [1.165, 1.54) is 16.4 Å². The molecule has 2 aliphatic heterocycles. The number of carbonyl (C=O) groups excluding carboxylic acids is 1. The van der Waals surface area contributed by atoms with Crippen molar-refractivity contribution in [2.24, 2.45) is 7.05 Å². The van der Waals surface area contributed by atoms with Crippen LogP contribution >= 0.6 is 20.7 Å². The SMILES string of the molecule is CC(C)=CC(=O)Nc1c2sscc-2n(C)c1=O. The summed E-state index contributed by atoms with van der Waals surface area (Å²) in [6.45, 7) is 3.68. The third kappa shape index (κ3) is 2.18. The normalized spacial score (nSPS) is 10.5. The van der Waals surface area contributed by atoms with Crippen molar-refractivity contribution in [1.82, 2.24) is 4.57 Å². The van der Waals surface area contributed by atoms with Crippen molar-refractivity contribution in [2.75, 3.05) is 5.32 Å². The molecule has 0 bridgehead atoms. The second kappa shape index (κ2) is 4.46. The molecular weight excluding hydrogens is 256 g/mol. The van der Waals surface area contributed by atoms with E-state index in [0.717, 1.165) is 16.1 Å². The summed E-state index contributed by atoms with van der Waals surface area (Å²) in [5.41, 5.74) is 2.00. The minimum atomic E-state index is -0.256. The van der Waals surface area contributed by atoms with Gasteiger partial charge in [0.15, 0.2) is 0 Å². The molecule has 0 saturated heterocycles. The summed E-state index contributed by atoms with van der Waals surface area (Å²) in [7, 11) is 4.76. The van der Waals surface area contributed by atoms with Crippen molar-refractivity contribution >= 4 is 32.3 Å². The second-order valence-corrected chi connectivity index (χ2v) is 6.04. The highest BCUT2D eigenvalue weighted by molar-refractivity contribution is 7.70. The Morgan fingerprint density at radius 3 is 2.82 bits per heavy atom. The van der Waals surface area contributed by atoms with Crippen molar-refractivity contribution in [1.29, 1.82) is 0 Å². The number of nitrogens with one attached hydrogen (secondary N) is 1. The van der Waals surface area contributed by atoms with Gasteiger partial charge in [-0.2, -0.15) is 0 Å². The van der Waals surface area contributed by atoms with Crippen LogP contribution in [0.25, 0.3) is 10.6 Å². The van der Waals surface area contributed by atoms with Crippen molar-refractivity contribution in [2.45, 2.75) is 13.8 Å². The summed E-state index contributed by atoms with van der Waals surface area (Å²) in [6, 6.07) is 0. The Hall–Kier alpha value is -1.40. The molecule has 4 nitrogen and oxygen atoms in total. The fourth-order valence-electron chi connectivity index (χ4n) is 1.52. The molecule has 0 saturated carbocycles. The van der Waals surface area contributed by atoms with Gasteiger partial charge in [-0.3, -0.25) is 9.59 Å². The van der Waals surface area contributed by atoms with Gasteiger partial charge in [0.1, 0.15) is 5.69 Å². The maximum absolute atomic E-state index is 11.9. The van der Waals surface area contributed by atoms with Gasteiger partial charge in [-0.15, -0.1) is 0 Å². The number of allylic oxidation sites excluding steroid dienone is 1. The molecular formula is C11H12N2O2S2. The molecule has 6 heteroatoms. The zero-order valence-corrected chi connectivity index (χ0v) is 11.4. The highest BCUT2D eigenvalue weighted by Gasteiger charge is 2.21. The van der Waals surface area contributed by atoms with Crippen LogP contribution in [0.2, 0.25) is 0 Å². The molecule has 0 aromatic heterocycles. The molecule has 0 fully saturated rings. The van der Waals surface area contributed by atoms with Gasteiger partial charge in [-0.05, 0) is 13.8 Å². The average Bonchev–Trinajstić information content (AvgIpc) is 2.77. The number of anilines is 1. The number of fused-ring (bicyclic) bond motifs is 1. The maximum atomic E-state index is 11.9. The third-order valence-corrected chi connectivity index (χ3v) is 4.37. The molecule has 0 atom stereocenters. The lowest BCUT2D eigenvalue weighted by Crippen LogP contribution is -2.18. The van der Waals surface area contributed by atoms with Crippen LogP contribution in [0, 0.1) is 0 Å². The molecule has 17 heavy (non-hydrogen) atoms. The quantitative estimate of drug-likeness (QED) is 0.672. The number of aromatic nitrogens is 1. The van der Waals surface area contributed by atoms with Gasteiger partial charge in [0.05, 0.1) is 10.6 Å². The average molecular weight is 268 g/mol. The minimum absolute atomic E-state index is 0.158. The number of hydrogen-bond acceptors (Lipinski definition) is 4. The summed E-state index contributed by atoms with van der Waals surface area (Å²) >= 11 is 0. The monoisotopic (exact) mass is 268 g/mol. The predicted octanol–water partition coefficient (Wildman–Crippen LogP) is 2.52. The van der Waals surface area contributed by atoms with Gasteiger partial charge < -0.3 is 9.88 Å². The van der Waals surface area contributed by atoms with Gasteiger partial charge in [-0.1, -0.05) is 26.3 Å². The molecule has 0 unspecified atom stereocenters. The van der Waals surface area contributed by atoms with Crippen LogP contribution in [0.3, 0.4) is 0 Å². The molecule has 0 spiro atoms. The van der Waals surface area contributed by atoms with Crippen molar-refractivity contribution in [3.05, 3.63) is 27.4 Å². The molecule has 1 amide bonds. The highest BCUT2D eigenvalue weighted by atomic mass is 32.9. The van der Waals surface area contributed by atoms with E-state index in [1.807, 2.05) is 19.2 Å². The molecule has 0 aliphatic carbocycles. The van der Waals surface area contributed by atoms with E-state index < -0.39 is 0 Å². The lowest BCUT2D eigenvalue weighted by Gasteiger charge is -1.98. The standard InChI is InChI=1S/C11H12N2O2S2/c1-6(2)4-8(14)12-9-10-7(5-16-17-10)13(3)11(9)15/h4-5H,1-3H3,(H,12,14). The summed E-state index contributed by atoms with van der Waals surface area (Å²) in [5.74, 6) is -0.256. The summed E-state index contributed by atoms with van der Waals surface area (Å²) in [6.07, 6.45) is 1.48. The molecule has 0 aromatic carbocycles. The number of rotatable bonds is 2. The van der Waals surface area contributed by atoms with E-state index in [-0.39, 0.29) is 11.5 Å². The van der Waals surface area contributed by atoms with E-state index in [2.05, 4.69) is 5.32 Å². The first-order chi connectivity index (χ1) is 8.00. The summed E-state index contributed by atoms with van der Waals surface area (Å²) in [5, 5.41) is 4.57. The van der Waals surface area contributed by atoms with Gasteiger partial charge in [0.25, 0.3) is 5.56 Å². The van der Waals surface area contributed by atoms with Crippen molar-refractivity contribution in [3.63, 3.8) is 0 Å². The van der Waals surface area contributed by atoms with Crippen molar-refractivity contribution < 1.29 is 4.79 Å². The lowest BCUT2D eigenvalue weighted by atomic mass is 10.3. The molecule has 2 aliphatic rings. The second-order valence-electron chi connectivity index (χ2n) is 3.96. The predicted molar refractivity (Wildman–Crippen MR) is 72.1 cm³/mol. The fraction of sp³-hybridized carbons (Fsp3) is 0.273. The minimum Gasteiger partial charge on any atom is -0.317 e. The van der Waals surface area contributed by atoms with E-state index in [9.17, 15) is 9.59 Å². The fourth-order valence-corrected chi connectivity index (χ4v) is 3.82. The number of amides is 1. The van der Waals surface area contributed by atoms with E-state index in [4.69, 9.17) is 0 Å². The third-order valence-electron chi connectivity index (χ3n) is 2.30. The Balaban J connectivity index is 2.40. The lowest BCUT2D eigenvalue weighted by molar-refractivity contribution is -0.111. The summed E-state index contributed by atoms with van der Waals surface area (Å²) < 4.78 is 1.56. The zero-order chi connectivity index (χ0) is 12.6. The Kier molecular flexibility index (Phi) is 3.17. The van der Waals surface area contributed by atoms with Crippen LogP contribution in [0.15, 0.2) is 21.8 Å². The highest BCUT2D eigenvalue weighted by Crippen LogP contribution is 2.36. The van der Waals surface area contributed by atoms with Gasteiger partial charge in [0.2, 0.25) is 5.91 Å². The first-order valence-corrected chi connectivity index (χ1v) is 7.24. The first-order valence-electron chi connectivity index (χ1n) is 5.03. The zero-order valence-electron chi connectivity index (χ0n) is 9.73. The van der Waals surface area contributed by atoms with E-state index in [0.29, 0.717) is 5.69 Å². The van der Waals surface area contributed by atoms with Crippen LogP contribution in [-0.4, -0.2) is 10.5 Å². The number of hydrogen-bond donors (Lipinski definition) is 1. The van der Waals surface area contributed by atoms with Gasteiger partial charge >= 0.3 is 0 Å². The molecule has 90 valence electrons. The molecule has 2 rings (SSSR count). The van der Waals surface area contributed by atoms with Crippen LogP contribution in [0.4, 0.5) is 5.69 Å².